The fraction of sp³-hybridized carbons (Fsp3) is 0.273. The number of hydrogen-bond acceptors (Lipinski definition) is 6. The molecule has 20 heavy (non-hydrogen) atoms. The standard InChI is InChI=1S/C11H9F3N2OS3/c1-18-9-15-16-10(20-9)19-6-7-2-4-8(5-3-7)17-11(12,13)14/h2-5H,6H2,1H3. The summed E-state index contributed by atoms with van der Waals surface area (Å²) in [5.74, 6) is 0.404. The van der Waals surface area contributed by atoms with Crippen LogP contribution in [0.2, 0.25) is 0 Å². The first-order valence-corrected chi connectivity index (χ1v) is 8.34. The number of aromatic nitrogens is 2. The van der Waals surface area contributed by atoms with Crippen molar-refractivity contribution in [2.45, 2.75) is 20.8 Å². The van der Waals surface area contributed by atoms with E-state index < -0.39 is 6.36 Å². The Morgan fingerprint density at radius 2 is 1.80 bits per heavy atom. The third-order valence-corrected chi connectivity index (χ3v) is 5.19. The van der Waals surface area contributed by atoms with Crippen molar-refractivity contribution in [2.75, 3.05) is 6.26 Å². The van der Waals surface area contributed by atoms with Gasteiger partial charge in [-0.25, -0.2) is 0 Å². The summed E-state index contributed by atoms with van der Waals surface area (Å²) in [6.45, 7) is 0. The van der Waals surface area contributed by atoms with Gasteiger partial charge < -0.3 is 4.74 Å². The highest BCUT2D eigenvalue weighted by atomic mass is 32.2. The first kappa shape index (κ1) is 15.5. The quantitative estimate of drug-likeness (QED) is 0.753. The lowest BCUT2D eigenvalue weighted by Crippen LogP contribution is -2.16. The average Bonchev–Trinajstić information content (AvgIpc) is 2.84. The van der Waals surface area contributed by atoms with Crippen LogP contribution < -0.4 is 4.74 Å². The second-order valence-corrected chi connectivity index (χ2v) is 6.77. The Morgan fingerprint density at radius 1 is 1.15 bits per heavy atom. The number of thioether (sulfide) groups is 2. The Hall–Kier alpha value is -0.930. The molecule has 9 heteroatoms. The molecule has 0 atom stereocenters. The van der Waals surface area contributed by atoms with Crippen molar-refractivity contribution in [1.29, 1.82) is 0 Å². The lowest BCUT2D eigenvalue weighted by Gasteiger charge is -2.08. The number of ether oxygens (including phenoxy) is 1. The van der Waals surface area contributed by atoms with E-state index in [0.29, 0.717) is 5.75 Å². The maximum atomic E-state index is 12.0. The second kappa shape index (κ2) is 6.68. The Labute approximate surface area is 125 Å². The molecule has 0 amide bonds. The lowest BCUT2D eigenvalue weighted by atomic mass is 10.2. The largest absolute Gasteiger partial charge is 0.573 e. The Bertz CT molecular complexity index is 557. The molecule has 0 fully saturated rings. The molecule has 0 aliphatic heterocycles. The van der Waals surface area contributed by atoms with Crippen molar-refractivity contribution < 1.29 is 17.9 Å². The highest BCUT2D eigenvalue weighted by Gasteiger charge is 2.30. The summed E-state index contributed by atoms with van der Waals surface area (Å²) in [7, 11) is 0. The zero-order valence-electron chi connectivity index (χ0n) is 10.2. The van der Waals surface area contributed by atoms with E-state index in [9.17, 15) is 13.2 Å². The van der Waals surface area contributed by atoms with Crippen molar-refractivity contribution in [1.82, 2.24) is 10.2 Å². The normalized spacial score (nSPS) is 11.6. The molecule has 0 aliphatic carbocycles. The molecule has 1 aromatic carbocycles. The van der Waals surface area contributed by atoms with Gasteiger partial charge >= 0.3 is 6.36 Å². The predicted molar refractivity (Wildman–Crippen MR) is 74.4 cm³/mol. The number of halogens is 3. The van der Waals surface area contributed by atoms with Crippen molar-refractivity contribution >= 4 is 34.9 Å². The van der Waals surface area contributed by atoms with E-state index in [-0.39, 0.29) is 5.75 Å². The van der Waals surface area contributed by atoms with Crippen LogP contribution in [0, 0.1) is 0 Å². The molecule has 0 radical (unpaired) electrons. The van der Waals surface area contributed by atoms with Crippen LogP contribution >= 0.6 is 34.9 Å². The van der Waals surface area contributed by atoms with Gasteiger partial charge in [-0.2, -0.15) is 0 Å². The molecular formula is C11H9F3N2OS3. The van der Waals surface area contributed by atoms with E-state index in [0.717, 1.165) is 14.2 Å². The van der Waals surface area contributed by atoms with Gasteiger partial charge in [0.1, 0.15) is 5.75 Å². The van der Waals surface area contributed by atoms with Crippen LogP contribution in [-0.2, 0) is 5.75 Å². The molecule has 0 saturated heterocycles. The van der Waals surface area contributed by atoms with Gasteiger partial charge in [0.15, 0.2) is 8.68 Å². The van der Waals surface area contributed by atoms with Crippen molar-refractivity contribution in [3.63, 3.8) is 0 Å². The molecule has 0 N–H and O–H groups in total. The van der Waals surface area contributed by atoms with Gasteiger partial charge in [0.2, 0.25) is 0 Å². The Balaban J connectivity index is 1.90. The average molecular weight is 338 g/mol. The highest BCUT2D eigenvalue weighted by Crippen LogP contribution is 2.30. The van der Waals surface area contributed by atoms with Gasteiger partial charge in [0.05, 0.1) is 0 Å². The molecule has 3 nitrogen and oxygen atoms in total. The zero-order valence-corrected chi connectivity index (χ0v) is 12.6. The van der Waals surface area contributed by atoms with E-state index in [2.05, 4.69) is 14.9 Å². The lowest BCUT2D eigenvalue weighted by molar-refractivity contribution is -0.274. The summed E-state index contributed by atoms with van der Waals surface area (Å²) < 4.78 is 41.6. The molecule has 1 heterocycles. The summed E-state index contributed by atoms with van der Waals surface area (Å²) in [6.07, 6.45) is -2.73. The maximum absolute atomic E-state index is 12.0. The topological polar surface area (TPSA) is 35.0 Å². The fourth-order valence-corrected chi connectivity index (χ4v) is 3.66. The van der Waals surface area contributed by atoms with E-state index in [4.69, 9.17) is 0 Å². The summed E-state index contributed by atoms with van der Waals surface area (Å²) in [5, 5.41) is 7.97. The third-order valence-electron chi connectivity index (χ3n) is 2.08. The Kier molecular flexibility index (Phi) is 5.17. The van der Waals surface area contributed by atoms with Gasteiger partial charge in [-0.3, -0.25) is 0 Å². The number of benzene rings is 1. The molecular weight excluding hydrogens is 329 g/mol. The Morgan fingerprint density at radius 3 is 2.35 bits per heavy atom. The summed E-state index contributed by atoms with van der Waals surface area (Å²) in [4.78, 5) is 0. The first-order chi connectivity index (χ1) is 9.46. The third kappa shape index (κ3) is 4.88. The molecule has 2 rings (SSSR count). The minimum atomic E-state index is -4.66. The number of hydrogen-bond donors (Lipinski definition) is 0. The smallest absolute Gasteiger partial charge is 0.406 e. The van der Waals surface area contributed by atoms with Crippen molar-refractivity contribution in [3.8, 4) is 5.75 Å². The van der Waals surface area contributed by atoms with Crippen LogP contribution in [0.15, 0.2) is 32.9 Å². The van der Waals surface area contributed by atoms with Crippen LogP contribution in [0.25, 0.3) is 0 Å². The van der Waals surface area contributed by atoms with E-state index in [1.807, 2.05) is 6.26 Å². The molecule has 0 aliphatic rings. The second-order valence-electron chi connectivity index (χ2n) is 3.52. The van der Waals surface area contributed by atoms with Crippen LogP contribution in [0.5, 0.6) is 5.75 Å². The van der Waals surface area contributed by atoms with Gasteiger partial charge in [-0.05, 0) is 24.0 Å². The van der Waals surface area contributed by atoms with E-state index in [1.54, 1.807) is 12.1 Å². The molecule has 0 saturated carbocycles. The molecule has 0 spiro atoms. The molecule has 2 aromatic rings. The van der Waals surface area contributed by atoms with Gasteiger partial charge in [0, 0.05) is 5.75 Å². The van der Waals surface area contributed by atoms with Gasteiger partial charge in [-0.15, -0.1) is 23.4 Å². The minimum absolute atomic E-state index is 0.216. The molecule has 0 bridgehead atoms. The molecule has 1 aromatic heterocycles. The van der Waals surface area contributed by atoms with Crippen molar-refractivity contribution in [2.24, 2.45) is 0 Å². The summed E-state index contributed by atoms with van der Waals surface area (Å²) in [5.41, 5.74) is 0.894. The number of alkyl halides is 3. The van der Waals surface area contributed by atoms with Crippen molar-refractivity contribution in [3.05, 3.63) is 29.8 Å². The highest BCUT2D eigenvalue weighted by molar-refractivity contribution is 8.02. The maximum Gasteiger partial charge on any atom is 0.573 e. The van der Waals surface area contributed by atoms with Gasteiger partial charge in [-0.1, -0.05) is 47.0 Å². The number of nitrogens with zero attached hydrogens (tertiary/aromatic N) is 2. The summed E-state index contributed by atoms with van der Waals surface area (Å²) >= 11 is 4.52. The predicted octanol–water partition coefficient (Wildman–Crippen LogP) is 4.45. The monoisotopic (exact) mass is 338 g/mol. The number of rotatable bonds is 5. The van der Waals surface area contributed by atoms with Crippen LogP contribution in [0.3, 0.4) is 0 Å². The summed E-state index contributed by atoms with van der Waals surface area (Å²) in [6, 6.07) is 5.81. The van der Waals surface area contributed by atoms with Crippen LogP contribution in [0.1, 0.15) is 5.56 Å². The molecule has 0 unspecified atom stereocenters. The SMILES string of the molecule is CSc1nnc(SCc2ccc(OC(F)(F)F)cc2)s1. The van der Waals surface area contributed by atoms with Gasteiger partial charge in [0.25, 0.3) is 0 Å². The van der Waals surface area contributed by atoms with E-state index in [1.165, 1.54) is 47.0 Å². The van der Waals surface area contributed by atoms with E-state index >= 15 is 0 Å². The molecule has 108 valence electrons. The zero-order chi connectivity index (χ0) is 14.6. The first-order valence-electron chi connectivity index (χ1n) is 5.31. The van der Waals surface area contributed by atoms with Crippen LogP contribution in [-0.4, -0.2) is 22.8 Å². The minimum Gasteiger partial charge on any atom is -0.406 e. The fourth-order valence-electron chi connectivity index (χ4n) is 1.27. The van der Waals surface area contributed by atoms with Crippen LogP contribution in [0.4, 0.5) is 13.2 Å².